The van der Waals surface area contributed by atoms with Gasteiger partial charge in [-0.1, -0.05) is 48.5 Å². The molecule has 0 aliphatic rings. The van der Waals surface area contributed by atoms with Crippen LogP contribution in [0.3, 0.4) is 0 Å². The molecule has 4 nitrogen and oxygen atoms in total. The van der Waals surface area contributed by atoms with Crippen LogP contribution in [-0.4, -0.2) is 17.0 Å². The van der Waals surface area contributed by atoms with Gasteiger partial charge in [0, 0.05) is 5.69 Å². The Balaban J connectivity index is 1.82. The van der Waals surface area contributed by atoms with Crippen LogP contribution in [0.2, 0.25) is 0 Å². The Morgan fingerprint density at radius 3 is 2.04 bits per heavy atom. The summed E-state index contributed by atoms with van der Waals surface area (Å²) in [5.41, 5.74) is 4.10. The van der Waals surface area contributed by atoms with Crippen LogP contribution in [0.5, 0.6) is 0 Å². The van der Waals surface area contributed by atoms with Crippen molar-refractivity contribution in [3.8, 4) is 11.1 Å². The fraction of sp³-hybridized carbons (Fsp3) is 0.0476. The van der Waals surface area contributed by atoms with Gasteiger partial charge in [-0.2, -0.15) is 0 Å². The first-order valence-electron chi connectivity index (χ1n) is 7.86. The van der Waals surface area contributed by atoms with Gasteiger partial charge in [0.1, 0.15) is 0 Å². The number of hydrogen-bond acceptors (Lipinski definition) is 2. The molecular weight excluding hydrogens is 314 g/mol. The summed E-state index contributed by atoms with van der Waals surface area (Å²) < 4.78 is 0. The van der Waals surface area contributed by atoms with Gasteiger partial charge < -0.3 is 10.4 Å². The van der Waals surface area contributed by atoms with E-state index in [0.717, 1.165) is 11.1 Å². The maximum Gasteiger partial charge on any atom is 0.336 e. The normalized spacial score (nSPS) is 10.3. The lowest BCUT2D eigenvalue weighted by Gasteiger charge is -2.10. The number of anilines is 1. The van der Waals surface area contributed by atoms with E-state index in [1.54, 1.807) is 12.1 Å². The molecule has 0 bridgehead atoms. The van der Waals surface area contributed by atoms with Crippen LogP contribution in [0.1, 0.15) is 26.3 Å². The van der Waals surface area contributed by atoms with Crippen molar-refractivity contribution in [1.29, 1.82) is 0 Å². The number of benzene rings is 3. The van der Waals surface area contributed by atoms with Gasteiger partial charge in [-0.05, 0) is 47.9 Å². The quantitative estimate of drug-likeness (QED) is 0.733. The number of aryl methyl sites for hydroxylation is 1. The highest BCUT2D eigenvalue weighted by Crippen LogP contribution is 2.24. The minimum atomic E-state index is -1.12. The van der Waals surface area contributed by atoms with Gasteiger partial charge in [-0.15, -0.1) is 0 Å². The van der Waals surface area contributed by atoms with Gasteiger partial charge in [-0.25, -0.2) is 4.79 Å². The number of hydrogen-bond donors (Lipinski definition) is 2. The van der Waals surface area contributed by atoms with E-state index in [1.165, 1.54) is 17.7 Å². The highest BCUT2D eigenvalue weighted by molar-refractivity contribution is 6.10. The number of carboxylic acids is 1. The first-order valence-corrected chi connectivity index (χ1v) is 7.86. The number of rotatable bonds is 4. The van der Waals surface area contributed by atoms with E-state index >= 15 is 0 Å². The Morgan fingerprint density at radius 1 is 0.800 bits per heavy atom. The number of carbonyl (C=O) groups is 2. The highest BCUT2D eigenvalue weighted by atomic mass is 16.4. The van der Waals surface area contributed by atoms with E-state index in [-0.39, 0.29) is 11.1 Å². The fourth-order valence-corrected chi connectivity index (χ4v) is 2.70. The first kappa shape index (κ1) is 16.5. The monoisotopic (exact) mass is 331 g/mol. The molecule has 2 N–H and O–H groups in total. The van der Waals surface area contributed by atoms with Crippen molar-refractivity contribution in [3.05, 3.63) is 89.5 Å². The second-order valence-electron chi connectivity index (χ2n) is 5.70. The highest BCUT2D eigenvalue weighted by Gasteiger charge is 2.15. The number of nitrogens with one attached hydrogen (secondary N) is 1. The van der Waals surface area contributed by atoms with E-state index in [1.807, 2.05) is 55.5 Å². The summed E-state index contributed by atoms with van der Waals surface area (Å²) in [7, 11) is 0. The summed E-state index contributed by atoms with van der Waals surface area (Å²) in [6, 6.07) is 21.7. The van der Waals surface area contributed by atoms with Crippen LogP contribution >= 0.6 is 0 Å². The van der Waals surface area contributed by atoms with Crippen molar-refractivity contribution in [3.63, 3.8) is 0 Å². The Morgan fingerprint density at radius 2 is 1.40 bits per heavy atom. The summed E-state index contributed by atoms with van der Waals surface area (Å²) in [4.78, 5) is 23.6. The van der Waals surface area contributed by atoms with Gasteiger partial charge in [0.25, 0.3) is 5.91 Å². The Labute approximate surface area is 145 Å². The maximum atomic E-state index is 12.4. The van der Waals surface area contributed by atoms with Crippen molar-refractivity contribution >= 4 is 17.6 Å². The average molecular weight is 331 g/mol. The van der Waals surface area contributed by atoms with Crippen LogP contribution in [0, 0.1) is 6.92 Å². The van der Waals surface area contributed by atoms with E-state index < -0.39 is 11.9 Å². The third kappa shape index (κ3) is 3.58. The summed E-state index contributed by atoms with van der Waals surface area (Å²) in [6.07, 6.45) is 0. The molecule has 0 saturated heterocycles. The fourth-order valence-electron chi connectivity index (χ4n) is 2.70. The SMILES string of the molecule is Cc1ccccc1-c1ccc(NC(=O)c2ccccc2C(=O)O)cc1. The Bertz CT molecular complexity index is 930. The molecule has 3 rings (SSSR count). The minimum absolute atomic E-state index is 0.0171. The molecule has 25 heavy (non-hydrogen) atoms. The van der Waals surface area contributed by atoms with Crippen LogP contribution < -0.4 is 5.32 Å². The number of aromatic carboxylic acids is 1. The molecule has 0 fully saturated rings. The van der Waals surface area contributed by atoms with Crippen LogP contribution in [0.25, 0.3) is 11.1 Å². The van der Waals surface area contributed by atoms with Crippen molar-refractivity contribution in [2.24, 2.45) is 0 Å². The van der Waals surface area contributed by atoms with Crippen molar-refractivity contribution in [2.75, 3.05) is 5.32 Å². The lowest BCUT2D eigenvalue weighted by atomic mass is 10.0. The van der Waals surface area contributed by atoms with Crippen LogP contribution in [0.15, 0.2) is 72.8 Å². The zero-order valence-electron chi connectivity index (χ0n) is 13.7. The predicted molar refractivity (Wildman–Crippen MR) is 98.0 cm³/mol. The van der Waals surface area contributed by atoms with Crippen LogP contribution in [0.4, 0.5) is 5.69 Å². The average Bonchev–Trinajstić information content (AvgIpc) is 2.63. The van der Waals surface area contributed by atoms with Crippen molar-refractivity contribution in [2.45, 2.75) is 6.92 Å². The molecule has 1 amide bonds. The molecule has 0 saturated carbocycles. The predicted octanol–water partition coefficient (Wildman–Crippen LogP) is 4.61. The van der Waals surface area contributed by atoms with E-state index in [9.17, 15) is 14.7 Å². The van der Waals surface area contributed by atoms with E-state index in [4.69, 9.17) is 0 Å². The summed E-state index contributed by atoms with van der Waals surface area (Å²) in [5, 5.41) is 11.9. The zero-order chi connectivity index (χ0) is 17.8. The Hall–Kier alpha value is -3.40. The third-order valence-corrected chi connectivity index (χ3v) is 4.00. The first-order chi connectivity index (χ1) is 12.1. The molecule has 0 aliphatic heterocycles. The van der Waals surface area contributed by atoms with Crippen molar-refractivity contribution < 1.29 is 14.7 Å². The standard InChI is InChI=1S/C21H17NO3/c1-14-6-2-3-7-17(14)15-10-12-16(13-11-15)22-20(23)18-8-4-5-9-19(18)21(24)25/h2-13H,1H3,(H,22,23)(H,24,25). The van der Waals surface area contributed by atoms with Crippen molar-refractivity contribution in [1.82, 2.24) is 0 Å². The molecule has 0 heterocycles. The molecule has 4 heteroatoms. The number of carboxylic acid groups (broad SMARTS) is 1. The molecular formula is C21H17NO3. The topological polar surface area (TPSA) is 66.4 Å². The molecule has 0 spiro atoms. The smallest absolute Gasteiger partial charge is 0.336 e. The largest absolute Gasteiger partial charge is 0.478 e. The zero-order valence-corrected chi connectivity index (χ0v) is 13.7. The minimum Gasteiger partial charge on any atom is -0.478 e. The molecule has 0 unspecified atom stereocenters. The van der Waals surface area contributed by atoms with Crippen LogP contribution in [-0.2, 0) is 0 Å². The summed E-state index contributed by atoms with van der Waals surface area (Å²) in [5.74, 6) is -1.57. The molecule has 3 aromatic carbocycles. The second kappa shape index (κ2) is 7.01. The number of carbonyl (C=O) groups excluding carboxylic acids is 1. The second-order valence-corrected chi connectivity index (χ2v) is 5.70. The van der Waals surface area contributed by atoms with Gasteiger partial charge in [-0.3, -0.25) is 4.79 Å². The van der Waals surface area contributed by atoms with Gasteiger partial charge in [0.2, 0.25) is 0 Å². The molecule has 124 valence electrons. The summed E-state index contributed by atoms with van der Waals surface area (Å²) >= 11 is 0. The molecule has 3 aromatic rings. The molecule has 0 aliphatic carbocycles. The number of amides is 1. The maximum absolute atomic E-state index is 12.4. The third-order valence-electron chi connectivity index (χ3n) is 4.00. The Kier molecular flexibility index (Phi) is 4.61. The molecule has 0 radical (unpaired) electrons. The lowest BCUT2D eigenvalue weighted by Crippen LogP contribution is -2.16. The molecule has 0 atom stereocenters. The lowest BCUT2D eigenvalue weighted by molar-refractivity contribution is 0.0692. The van der Waals surface area contributed by atoms with Gasteiger partial charge in [0.15, 0.2) is 0 Å². The molecule has 0 aromatic heterocycles. The van der Waals surface area contributed by atoms with E-state index in [2.05, 4.69) is 5.32 Å². The van der Waals surface area contributed by atoms with Gasteiger partial charge in [0.05, 0.1) is 11.1 Å². The van der Waals surface area contributed by atoms with E-state index in [0.29, 0.717) is 5.69 Å². The summed E-state index contributed by atoms with van der Waals surface area (Å²) in [6.45, 7) is 2.05. The van der Waals surface area contributed by atoms with Gasteiger partial charge >= 0.3 is 5.97 Å².